The first-order valence-corrected chi connectivity index (χ1v) is 6.56. The van der Waals surface area contributed by atoms with Crippen molar-refractivity contribution in [2.45, 2.75) is 18.9 Å². The molecule has 1 aromatic rings. The van der Waals surface area contributed by atoms with Crippen LogP contribution in [0.1, 0.15) is 12.0 Å². The summed E-state index contributed by atoms with van der Waals surface area (Å²) in [5, 5.41) is 0. The molecule has 5 heteroatoms. The van der Waals surface area contributed by atoms with Crippen molar-refractivity contribution >= 4 is 0 Å². The van der Waals surface area contributed by atoms with Gasteiger partial charge in [0.25, 0.3) is 0 Å². The molecule has 0 aliphatic carbocycles. The number of nitrogens with zero attached hydrogens (tertiary/aromatic N) is 1. The van der Waals surface area contributed by atoms with E-state index in [9.17, 15) is 0 Å². The maximum Gasteiger partial charge on any atom is 0.161 e. The fourth-order valence-corrected chi connectivity index (χ4v) is 2.31. The minimum atomic E-state index is 0.247. The number of benzene rings is 1. The maximum atomic E-state index is 6.00. The third-order valence-corrected chi connectivity index (χ3v) is 3.38. The summed E-state index contributed by atoms with van der Waals surface area (Å²) in [6.45, 7) is 2.54. The lowest BCUT2D eigenvalue weighted by molar-refractivity contribution is 0.141. The number of rotatable bonds is 6. The van der Waals surface area contributed by atoms with Crippen molar-refractivity contribution < 1.29 is 14.3 Å². The molecule has 1 aromatic carbocycles. The van der Waals surface area contributed by atoms with Crippen LogP contribution in [0.2, 0.25) is 0 Å². The molecule has 1 saturated heterocycles. The van der Waals surface area contributed by atoms with Gasteiger partial charge in [0.2, 0.25) is 0 Å². The molecule has 1 aliphatic rings. The molecular formula is C14H22N2O3. The van der Waals surface area contributed by atoms with Crippen molar-refractivity contribution in [1.82, 2.24) is 4.90 Å². The second-order valence-electron chi connectivity index (χ2n) is 4.90. The fraction of sp³-hybridized carbons (Fsp3) is 0.571. The van der Waals surface area contributed by atoms with Gasteiger partial charge in [0.15, 0.2) is 11.5 Å². The first-order valence-electron chi connectivity index (χ1n) is 6.56. The van der Waals surface area contributed by atoms with Crippen LogP contribution < -0.4 is 15.4 Å². The number of likely N-dealkylation sites (N-methyl/N-ethyl adjacent to an activating group) is 1. The SMILES string of the molecule is COc1cc(CCON)ccc1OC1CCN(C)C1. The van der Waals surface area contributed by atoms with E-state index in [-0.39, 0.29) is 6.10 Å². The monoisotopic (exact) mass is 266 g/mol. The third kappa shape index (κ3) is 3.83. The molecule has 0 bridgehead atoms. The standard InChI is InChI=1S/C14H22N2O3/c1-16-7-5-12(10-16)19-13-4-3-11(6-8-18-15)9-14(13)17-2/h3-4,9,12H,5-8,10,15H2,1-2H3. The predicted octanol–water partition coefficient (Wildman–Crippen LogP) is 1.21. The third-order valence-electron chi connectivity index (χ3n) is 3.38. The molecule has 2 N–H and O–H groups in total. The molecule has 0 aromatic heterocycles. The average Bonchev–Trinajstić information content (AvgIpc) is 2.83. The summed E-state index contributed by atoms with van der Waals surface area (Å²) in [6, 6.07) is 5.96. The zero-order valence-corrected chi connectivity index (χ0v) is 11.6. The minimum absolute atomic E-state index is 0.247. The molecule has 5 nitrogen and oxygen atoms in total. The van der Waals surface area contributed by atoms with Crippen LogP contribution in [0.25, 0.3) is 0 Å². The number of ether oxygens (including phenoxy) is 2. The Morgan fingerprint density at radius 2 is 2.21 bits per heavy atom. The maximum absolute atomic E-state index is 6.00. The molecule has 0 amide bonds. The summed E-state index contributed by atoms with van der Waals surface area (Å²) < 4.78 is 11.4. The molecule has 1 fully saturated rings. The Labute approximate surface area is 114 Å². The van der Waals surface area contributed by atoms with Crippen LogP contribution in [0, 0.1) is 0 Å². The average molecular weight is 266 g/mol. The minimum Gasteiger partial charge on any atom is -0.493 e. The summed E-state index contributed by atoms with van der Waals surface area (Å²) >= 11 is 0. The fourth-order valence-electron chi connectivity index (χ4n) is 2.31. The van der Waals surface area contributed by atoms with Crippen molar-refractivity contribution in [1.29, 1.82) is 0 Å². The number of nitrogens with two attached hydrogens (primary N) is 1. The quantitative estimate of drug-likeness (QED) is 0.784. The van der Waals surface area contributed by atoms with E-state index in [1.807, 2.05) is 18.2 Å². The van der Waals surface area contributed by atoms with E-state index >= 15 is 0 Å². The van der Waals surface area contributed by atoms with Crippen LogP contribution >= 0.6 is 0 Å². The highest BCUT2D eigenvalue weighted by molar-refractivity contribution is 5.43. The van der Waals surface area contributed by atoms with E-state index in [0.29, 0.717) is 6.61 Å². The Morgan fingerprint density at radius 3 is 2.84 bits per heavy atom. The molecule has 1 atom stereocenters. The molecule has 1 aliphatic heterocycles. The van der Waals surface area contributed by atoms with E-state index in [1.54, 1.807) is 7.11 Å². The van der Waals surface area contributed by atoms with Crippen LogP contribution in [0.5, 0.6) is 11.5 Å². The van der Waals surface area contributed by atoms with Gasteiger partial charge in [0.05, 0.1) is 13.7 Å². The van der Waals surface area contributed by atoms with Gasteiger partial charge in [-0.25, -0.2) is 5.90 Å². The molecule has 1 heterocycles. The van der Waals surface area contributed by atoms with Crippen molar-refractivity contribution in [2.24, 2.45) is 5.90 Å². The van der Waals surface area contributed by atoms with Crippen molar-refractivity contribution in [3.63, 3.8) is 0 Å². The van der Waals surface area contributed by atoms with Gasteiger partial charge in [-0.3, -0.25) is 0 Å². The first kappa shape index (κ1) is 14.1. The van der Waals surface area contributed by atoms with Crippen molar-refractivity contribution in [2.75, 3.05) is 33.9 Å². The summed E-state index contributed by atoms with van der Waals surface area (Å²) in [5.41, 5.74) is 1.12. The topological polar surface area (TPSA) is 57.0 Å². The Balaban J connectivity index is 2.03. The summed E-state index contributed by atoms with van der Waals surface area (Å²) in [7, 11) is 3.77. The summed E-state index contributed by atoms with van der Waals surface area (Å²) in [4.78, 5) is 6.86. The molecular weight excluding hydrogens is 244 g/mol. The lowest BCUT2D eigenvalue weighted by Crippen LogP contribution is -2.21. The van der Waals surface area contributed by atoms with Gasteiger partial charge in [0.1, 0.15) is 6.10 Å². The molecule has 0 saturated carbocycles. The molecule has 0 spiro atoms. The summed E-state index contributed by atoms with van der Waals surface area (Å²) in [5.74, 6) is 6.61. The predicted molar refractivity (Wildman–Crippen MR) is 73.4 cm³/mol. The van der Waals surface area contributed by atoms with Gasteiger partial charge in [-0.15, -0.1) is 0 Å². The van der Waals surface area contributed by atoms with Crippen LogP contribution in [0.15, 0.2) is 18.2 Å². The number of hydrogen-bond donors (Lipinski definition) is 1. The van der Waals surface area contributed by atoms with Crippen molar-refractivity contribution in [3.8, 4) is 11.5 Å². The summed E-state index contributed by atoms with van der Waals surface area (Å²) in [6.07, 6.45) is 2.07. The van der Waals surface area contributed by atoms with E-state index in [0.717, 1.165) is 43.0 Å². The largest absolute Gasteiger partial charge is 0.493 e. The van der Waals surface area contributed by atoms with E-state index in [4.69, 9.17) is 15.4 Å². The van der Waals surface area contributed by atoms with E-state index in [1.165, 1.54) is 0 Å². The van der Waals surface area contributed by atoms with Crippen LogP contribution in [0.4, 0.5) is 0 Å². The Kier molecular flexibility index (Phi) is 5.01. The molecule has 0 radical (unpaired) electrons. The van der Waals surface area contributed by atoms with Gasteiger partial charge in [-0.05, 0) is 37.6 Å². The zero-order valence-electron chi connectivity index (χ0n) is 11.6. The highest BCUT2D eigenvalue weighted by Crippen LogP contribution is 2.30. The van der Waals surface area contributed by atoms with Gasteiger partial charge < -0.3 is 19.2 Å². The highest BCUT2D eigenvalue weighted by Gasteiger charge is 2.22. The lowest BCUT2D eigenvalue weighted by atomic mass is 10.1. The molecule has 106 valence electrons. The second-order valence-corrected chi connectivity index (χ2v) is 4.90. The number of likely N-dealkylation sites (tertiary alicyclic amines) is 1. The van der Waals surface area contributed by atoms with Crippen LogP contribution in [-0.2, 0) is 11.3 Å². The normalized spacial score (nSPS) is 19.6. The molecule has 19 heavy (non-hydrogen) atoms. The molecule has 1 unspecified atom stereocenters. The van der Waals surface area contributed by atoms with Gasteiger partial charge in [-0.2, -0.15) is 0 Å². The Bertz CT molecular complexity index is 412. The van der Waals surface area contributed by atoms with Gasteiger partial charge >= 0.3 is 0 Å². The van der Waals surface area contributed by atoms with E-state index in [2.05, 4.69) is 16.8 Å². The smallest absolute Gasteiger partial charge is 0.161 e. The lowest BCUT2D eigenvalue weighted by Gasteiger charge is -2.17. The van der Waals surface area contributed by atoms with Gasteiger partial charge in [-0.1, -0.05) is 6.07 Å². The second kappa shape index (κ2) is 6.75. The van der Waals surface area contributed by atoms with Crippen LogP contribution in [-0.4, -0.2) is 44.9 Å². The van der Waals surface area contributed by atoms with Crippen LogP contribution in [0.3, 0.4) is 0 Å². The Hall–Kier alpha value is -1.30. The van der Waals surface area contributed by atoms with Gasteiger partial charge in [0, 0.05) is 13.1 Å². The van der Waals surface area contributed by atoms with E-state index < -0.39 is 0 Å². The molecule has 2 rings (SSSR count). The van der Waals surface area contributed by atoms with Crippen molar-refractivity contribution in [3.05, 3.63) is 23.8 Å². The first-order chi connectivity index (χ1) is 9.22. The Morgan fingerprint density at radius 1 is 1.37 bits per heavy atom. The zero-order chi connectivity index (χ0) is 13.7. The number of hydrogen-bond acceptors (Lipinski definition) is 5. The highest BCUT2D eigenvalue weighted by atomic mass is 16.6. The number of methoxy groups -OCH3 is 1.